The van der Waals surface area contributed by atoms with Crippen molar-refractivity contribution >= 4 is 29.1 Å². The van der Waals surface area contributed by atoms with Gasteiger partial charge in [0.05, 0.1) is 10.7 Å². The molecule has 0 fully saturated rings. The first-order valence-corrected chi connectivity index (χ1v) is 9.85. The number of carbonyl (C=O) groups excluding carboxylic acids is 2. The van der Waals surface area contributed by atoms with Crippen LogP contribution >= 0.6 is 11.6 Å². The zero-order valence-electron chi connectivity index (χ0n) is 16.8. The van der Waals surface area contributed by atoms with E-state index in [1.807, 2.05) is 38.1 Å². The average molecular weight is 403 g/mol. The Morgan fingerprint density at radius 1 is 1.11 bits per heavy atom. The summed E-state index contributed by atoms with van der Waals surface area (Å²) in [5.41, 5.74) is 1.92. The summed E-state index contributed by atoms with van der Waals surface area (Å²) in [6.07, 6.45) is 0. The second kappa shape index (κ2) is 10.1. The number of benzene rings is 2. The van der Waals surface area contributed by atoms with Crippen LogP contribution in [0.15, 0.2) is 42.5 Å². The maximum Gasteiger partial charge on any atom is 0.262 e. The molecule has 0 aromatic heterocycles. The molecule has 0 heterocycles. The van der Waals surface area contributed by atoms with Gasteiger partial charge in [0.2, 0.25) is 0 Å². The third-order valence-electron chi connectivity index (χ3n) is 4.44. The number of ether oxygens (including phenoxy) is 1. The molecule has 0 spiro atoms. The van der Waals surface area contributed by atoms with Crippen LogP contribution in [0.1, 0.15) is 49.5 Å². The highest BCUT2D eigenvalue weighted by molar-refractivity contribution is 6.33. The minimum absolute atomic E-state index is 0.0979. The summed E-state index contributed by atoms with van der Waals surface area (Å²) in [5.74, 6) is 0.535. The lowest BCUT2D eigenvalue weighted by molar-refractivity contribution is -0.118. The van der Waals surface area contributed by atoms with Gasteiger partial charge < -0.3 is 15.0 Å². The van der Waals surface area contributed by atoms with Gasteiger partial charge >= 0.3 is 0 Å². The lowest BCUT2D eigenvalue weighted by atomic mass is 10.0. The van der Waals surface area contributed by atoms with Crippen molar-refractivity contribution in [3.63, 3.8) is 0 Å². The lowest BCUT2D eigenvalue weighted by Gasteiger charge is -2.19. The van der Waals surface area contributed by atoms with Crippen molar-refractivity contribution in [3.05, 3.63) is 58.6 Å². The van der Waals surface area contributed by atoms with Crippen LogP contribution in [0.4, 0.5) is 5.69 Å². The number of carbonyl (C=O) groups is 2. The Morgan fingerprint density at radius 2 is 1.79 bits per heavy atom. The van der Waals surface area contributed by atoms with Crippen LogP contribution in [0, 0.1) is 0 Å². The number of nitrogens with one attached hydrogen (secondary N) is 1. The highest BCUT2D eigenvalue weighted by Gasteiger charge is 2.16. The number of hydrogen-bond donors (Lipinski definition) is 1. The van der Waals surface area contributed by atoms with Gasteiger partial charge in [0, 0.05) is 18.7 Å². The molecule has 0 aliphatic rings. The summed E-state index contributed by atoms with van der Waals surface area (Å²) in [5, 5.41) is 3.10. The van der Waals surface area contributed by atoms with Crippen LogP contribution in [0.25, 0.3) is 0 Å². The molecule has 0 bridgehead atoms. The molecule has 2 aromatic rings. The molecule has 0 atom stereocenters. The molecular weight excluding hydrogens is 376 g/mol. The van der Waals surface area contributed by atoms with E-state index in [-0.39, 0.29) is 24.3 Å². The van der Waals surface area contributed by atoms with Crippen molar-refractivity contribution < 1.29 is 14.3 Å². The molecule has 0 radical (unpaired) electrons. The fraction of sp³-hybridized carbons (Fsp3) is 0.364. The number of para-hydroxylation sites is 1. The molecule has 0 saturated heterocycles. The van der Waals surface area contributed by atoms with E-state index in [2.05, 4.69) is 19.2 Å². The normalized spacial score (nSPS) is 10.6. The van der Waals surface area contributed by atoms with Gasteiger partial charge in [-0.25, -0.2) is 0 Å². The standard InChI is InChI=1S/C22H27ClN2O3/c1-5-25(6-2)22(27)16-11-12-18(23)19(13-16)24-21(26)14-28-20-10-8-7-9-17(20)15(3)4/h7-13,15H,5-6,14H2,1-4H3,(H,24,26). The molecule has 2 amide bonds. The third-order valence-corrected chi connectivity index (χ3v) is 4.77. The largest absolute Gasteiger partial charge is 0.483 e. The molecule has 0 saturated carbocycles. The van der Waals surface area contributed by atoms with E-state index < -0.39 is 0 Å². The van der Waals surface area contributed by atoms with Crippen LogP contribution < -0.4 is 10.1 Å². The monoisotopic (exact) mass is 402 g/mol. The maximum absolute atomic E-state index is 12.5. The predicted octanol–water partition coefficient (Wildman–Crippen LogP) is 4.96. The van der Waals surface area contributed by atoms with E-state index >= 15 is 0 Å². The molecule has 5 nitrogen and oxygen atoms in total. The second-order valence-electron chi connectivity index (χ2n) is 6.70. The van der Waals surface area contributed by atoms with Crippen molar-refractivity contribution in [3.8, 4) is 5.75 Å². The summed E-state index contributed by atoms with van der Waals surface area (Å²) in [7, 11) is 0. The van der Waals surface area contributed by atoms with Crippen LogP contribution in [-0.2, 0) is 4.79 Å². The van der Waals surface area contributed by atoms with E-state index in [1.165, 1.54) is 0 Å². The van der Waals surface area contributed by atoms with Gasteiger partial charge in [-0.2, -0.15) is 0 Å². The topological polar surface area (TPSA) is 58.6 Å². The Hall–Kier alpha value is -2.53. The van der Waals surface area contributed by atoms with Crippen molar-refractivity contribution in [2.75, 3.05) is 25.0 Å². The summed E-state index contributed by atoms with van der Waals surface area (Å²) in [4.78, 5) is 26.6. The number of halogens is 1. The van der Waals surface area contributed by atoms with Crippen LogP contribution in [0.5, 0.6) is 5.75 Å². The maximum atomic E-state index is 12.5. The van der Waals surface area contributed by atoms with E-state index in [1.54, 1.807) is 23.1 Å². The molecule has 28 heavy (non-hydrogen) atoms. The van der Waals surface area contributed by atoms with Gasteiger partial charge in [-0.15, -0.1) is 0 Å². The molecule has 150 valence electrons. The van der Waals surface area contributed by atoms with Gasteiger partial charge in [-0.3, -0.25) is 9.59 Å². The molecule has 1 N–H and O–H groups in total. The second-order valence-corrected chi connectivity index (χ2v) is 7.11. The van der Waals surface area contributed by atoms with Crippen molar-refractivity contribution in [1.29, 1.82) is 0 Å². The van der Waals surface area contributed by atoms with Gasteiger partial charge in [0.15, 0.2) is 6.61 Å². The summed E-state index contributed by atoms with van der Waals surface area (Å²) >= 11 is 6.20. The SMILES string of the molecule is CCN(CC)C(=O)c1ccc(Cl)c(NC(=O)COc2ccccc2C(C)C)c1. The van der Waals surface area contributed by atoms with Crippen molar-refractivity contribution in [2.24, 2.45) is 0 Å². The Kier molecular flexibility index (Phi) is 7.88. The Balaban J connectivity index is 2.08. The Labute approximate surface area is 171 Å². The molecule has 0 aliphatic carbocycles. The summed E-state index contributed by atoms with van der Waals surface area (Å²) in [6.45, 7) is 9.07. The van der Waals surface area contributed by atoms with Gasteiger partial charge in [-0.05, 0) is 49.6 Å². The minimum Gasteiger partial charge on any atom is -0.483 e. The number of amides is 2. The zero-order chi connectivity index (χ0) is 20.7. The molecule has 2 aromatic carbocycles. The number of rotatable bonds is 8. The first-order valence-electron chi connectivity index (χ1n) is 9.47. The zero-order valence-corrected chi connectivity index (χ0v) is 17.5. The molecule has 0 aliphatic heterocycles. The predicted molar refractivity (Wildman–Crippen MR) is 113 cm³/mol. The minimum atomic E-state index is -0.340. The highest BCUT2D eigenvalue weighted by Crippen LogP contribution is 2.26. The number of hydrogen-bond acceptors (Lipinski definition) is 3. The average Bonchev–Trinajstić information content (AvgIpc) is 2.69. The lowest BCUT2D eigenvalue weighted by Crippen LogP contribution is -2.30. The number of nitrogens with zero attached hydrogens (tertiary/aromatic N) is 1. The summed E-state index contributed by atoms with van der Waals surface area (Å²) < 4.78 is 5.69. The molecule has 6 heteroatoms. The smallest absolute Gasteiger partial charge is 0.262 e. The van der Waals surface area contributed by atoms with Crippen molar-refractivity contribution in [1.82, 2.24) is 4.90 Å². The van der Waals surface area contributed by atoms with Crippen molar-refractivity contribution in [2.45, 2.75) is 33.6 Å². The third kappa shape index (κ3) is 5.49. The molecule has 2 rings (SSSR count). The fourth-order valence-electron chi connectivity index (χ4n) is 2.87. The summed E-state index contributed by atoms with van der Waals surface area (Å²) in [6, 6.07) is 12.5. The van der Waals surface area contributed by atoms with Crippen LogP contribution in [0.3, 0.4) is 0 Å². The fourth-order valence-corrected chi connectivity index (χ4v) is 3.03. The van der Waals surface area contributed by atoms with Crippen LogP contribution in [-0.4, -0.2) is 36.4 Å². The number of anilines is 1. The quantitative estimate of drug-likeness (QED) is 0.678. The molecule has 0 unspecified atom stereocenters. The van der Waals surface area contributed by atoms with Gasteiger partial charge in [-0.1, -0.05) is 43.6 Å². The van der Waals surface area contributed by atoms with E-state index in [4.69, 9.17) is 16.3 Å². The van der Waals surface area contributed by atoms with E-state index in [0.717, 1.165) is 5.56 Å². The molecular formula is C22H27ClN2O3. The Morgan fingerprint density at radius 3 is 2.43 bits per heavy atom. The van der Waals surface area contributed by atoms with Gasteiger partial charge in [0.1, 0.15) is 5.75 Å². The van der Waals surface area contributed by atoms with Gasteiger partial charge in [0.25, 0.3) is 11.8 Å². The van der Waals surface area contributed by atoms with Crippen LogP contribution in [0.2, 0.25) is 5.02 Å². The van der Waals surface area contributed by atoms with E-state index in [9.17, 15) is 9.59 Å². The first kappa shape index (κ1) is 21.8. The highest BCUT2D eigenvalue weighted by atomic mass is 35.5. The first-order chi connectivity index (χ1) is 13.4. The van der Waals surface area contributed by atoms with E-state index in [0.29, 0.717) is 35.1 Å². The Bertz CT molecular complexity index is 832.